The van der Waals surface area contributed by atoms with Crippen molar-refractivity contribution < 1.29 is 14.3 Å². The maximum atomic E-state index is 12.2. The number of ether oxygens (including phenoxy) is 1. The number of para-hydroxylation sites is 1. The van der Waals surface area contributed by atoms with Crippen LogP contribution in [0.1, 0.15) is 25.8 Å². The topological polar surface area (TPSA) is 67.4 Å². The van der Waals surface area contributed by atoms with Crippen LogP contribution in [0.2, 0.25) is 0 Å². The van der Waals surface area contributed by atoms with Gasteiger partial charge in [-0.15, -0.1) is 0 Å². The van der Waals surface area contributed by atoms with Crippen LogP contribution in [-0.4, -0.2) is 30.6 Å². The van der Waals surface area contributed by atoms with Gasteiger partial charge in [-0.25, -0.2) is 0 Å². The third-order valence-corrected chi connectivity index (χ3v) is 3.39. The van der Waals surface area contributed by atoms with Gasteiger partial charge in [0.05, 0.1) is 12.6 Å². The van der Waals surface area contributed by atoms with Crippen LogP contribution in [0.5, 0.6) is 0 Å². The summed E-state index contributed by atoms with van der Waals surface area (Å²) in [6.45, 7) is 3.82. The molecule has 2 atom stereocenters. The summed E-state index contributed by atoms with van der Waals surface area (Å²) in [7, 11) is 0. The zero-order chi connectivity index (χ0) is 14.5. The number of anilines is 1. The van der Waals surface area contributed by atoms with Gasteiger partial charge in [0.15, 0.2) is 0 Å². The van der Waals surface area contributed by atoms with Gasteiger partial charge in [-0.1, -0.05) is 18.2 Å². The number of esters is 1. The molecule has 1 aromatic rings. The summed E-state index contributed by atoms with van der Waals surface area (Å²) >= 11 is 0. The molecule has 1 amide bonds. The lowest BCUT2D eigenvalue weighted by atomic mass is 10.1. The Labute approximate surface area is 118 Å². The number of fused-ring (bicyclic) bond motifs is 1. The standard InChI is InChI=1S/C15H20N2O3/c1-3-20-15(19)10(2)16-13-9-8-11-6-4-5-7-12(11)17-14(13)18/h4-7,10,13,16H,3,8-9H2,1-2H3,(H,17,18). The molecule has 0 bridgehead atoms. The van der Waals surface area contributed by atoms with Gasteiger partial charge in [-0.2, -0.15) is 0 Å². The number of hydrogen-bond donors (Lipinski definition) is 2. The Hall–Kier alpha value is -1.88. The van der Waals surface area contributed by atoms with Gasteiger partial charge in [-0.05, 0) is 38.3 Å². The highest BCUT2D eigenvalue weighted by molar-refractivity contribution is 5.96. The van der Waals surface area contributed by atoms with Crippen LogP contribution in [0.25, 0.3) is 0 Å². The quantitative estimate of drug-likeness (QED) is 0.817. The van der Waals surface area contributed by atoms with E-state index >= 15 is 0 Å². The first-order chi connectivity index (χ1) is 9.61. The number of amides is 1. The van der Waals surface area contributed by atoms with Gasteiger partial charge < -0.3 is 10.1 Å². The van der Waals surface area contributed by atoms with E-state index in [0.29, 0.717) is 13.0 Å². The lowest BCUT2D eigenvalue weighted by molar-refractivity contribution is -0.145. The molecule has 2 rings (SSSR count). The average molecular weight is 276 g/mol. The third-order valence-electron chi connectivity index (χ3n) is 3.39. The molecule has 108 valence electrons. The molecule has 1 aliphatic rings. The molecular formula is C15H20N2O3. The van der Waals surface area contributed by atoms with E-state index in [0.717, 1.165) is 17.7 Å². The summed E-state index contributed by atoms with van der Waals surface area (Å²) < 4.78 is 4.94. The second-order valence-electron chi connectivity index (χ2n) is 4.88. The Bertz CT molecular complexity index is 502. The summed E-state index contributed by atoms with van der Waals surface area (Å²) in [4.78, 5) is 23.8. The van der Waals surface area contributed by atoms with E-state index < -0.39 is 6.04 Å². The normalized spacial score (nSPS) is 19.5. The molecule has 0 spiro atoms. The summed E-state index contributed by atoms with van der Waals surface area (Å²) in [6, 6.07) is 6.87. The molecule has 0 saturated carbocycles. The van der Waals surface area contributed by atoms with Gasteiger partial charge in [0.25, 0.3) is 0 Å². The van der Waals surface area contributed by atoms with Crippen molar-refractivity contribution in [1.29, 1.82) is 0 Å². The van der Waals surface area contributed by atoms with Crippen LogP contribution in [0.4, 0.5) is 5.69 Å². The fourth-order valence-corrected chi connectivity index (χ4v) is 2.31. The molecule has 1 aromatic carbocycles. The molecule has 5 nitrogen and oxygen atoms in total. The van der Waals surface area contributed by atoms with E-state index in [1.54, 1.807) is 13.8 Å². The van der Waals surface area contributed by atoms with Crippen molar-refractivity contribution in [3.63, 3.8) is 0 Å². The van der Waals surface area contributed by atoms with Crippen molar-refractivity contribution in [2.75, 3.05) is 11.9 Å². The number of carbonyl (C=O) groups is 2. The molecule has 5 heteroatoms. The molecule has 0 saturated heterocycles. The molecular weight excluding hydrogens is 256 g/mol. The highest BCUT2D eigenvalue weighted by atomic mass is 16.5. The first-order valence-electron chi connectivity index (χ1n) is 6.93. The first-order valence-corrected chi connectivity index (χ1v) is 6.93. The monoisotopic (exact) mass is 276 g/mol. The minimum atomic E-state index is -0.494. The molecule has 0 aromatic heterocycles. The van der Waals surface area contributed by atoms with Gasteiger partial charge in [0.2, 0.25) is 5.91 Å². The van der Waals surface area contributed by atoms with E-state index in [1.165, 1.54) is 0 Å². The van der Waals surface area contributed by atoms with E-state index in [2.05, 4.69) is 10.6 Å². The minimum Gasteiger partial charge on any atom is -0.465 e. The first kappa shape index (κ1) is 14.5. The fourth-order valence-electron chi connectivity index (χ4n) is 2.31. The lowest BCUT2D eigenvalue weighted by Crippen LogP contribution is -2.47. The Morgan fingerprint density at radius 2 is 2.25 bits per heavy atom. The predicted molar refractivity (Wildman–Crippen MR) is 76.4 cm³/mol. The molecule has 0 fully saturated rings. The van der Waals surface area contributed by atoms with Crippen molar-refractivity contribution in [2.24, 2.45) is 0 Å². The SMILES string of the molecule is CCOC(=O)C(C)NC1CCc2ccccc2NC1=O. The third kappa shape index (κ3) is 3.36. The van der Waals surface area contributed by atoms with Crippen molar-refractivity contribution >= 4 is 17.6 Å². The van der Waals surface area contributed by atoms with Crippen molar-refractivity contribution in [1.82, 2.24) is 5.32 Å². The zero-order valence-corrected chi connectivity index (χ0v) is 11.8. The summed E-state index contributed by atoms with van der Waals surface area (Å²) in [5, 5.41) is 5.94. The van der Waals surface area contributed by atoms with Crippen LogP contribution >= 0.6 is 0 Å². The number of aryl methyl sites for hydroxylation is 1. The zero-order valence-electron chi connectivity index (χ0n) is 11.8. The Morgan fingerprint density at radius 3 is 3.00 bits per heavy atom. The van der Waals surface area contributed by atoms with E-state index in [4.69, 9.17) is 4.74 Å². The molecule has 2 N–H and O–H groups in total. The minimum absolute atomic E-state index is 0.105. The van der Waals surface area contributed by atoms with Crippen LogP contribution in [0.3, 0.4) is 0 Å². The Balaban J connectivity index is 2.01. The summed E-state index contributed by atoms with van der Waals surface area (Å²) in [5.41, 5.74) is 1.97. The second kappa shape index (κ2) is 6.52. The van der Waals surface area contributed by atoms with Crippen molar-refractivity contribution in [2.45, 2.75) is 38.8 Å². The van der Waals surface area contributed by atoms with Gasteiger partial charge in [0.1, 0.15) is 6.04 Å². The maximum Gasteiger partial charge on any atom is 0.322 e. The van der Waals surface area contributed by atoms with Gasteiger partial charge in [0, 0.05) is 5.69 Å². The highest BCUT2D eigenvalue weighted by Gasteiger charge is 2.26. The van der Waals surface area contributed by atoms with Crippen molar-refractivity contribution in [3.8, 4) is 0 Å². The van der Waals surface area contributed by atoms with Crippen molar-refractivity contribution in [3.05, 3.63) is 29.8 Å². The van der Waals surface area contributed by atoms with Gasteiger partial charge >= 0.3 is 5.97 Å². The number of nitrogens with one attached hydrogen (secondary N) is 2. The summed E-state index contributed by atoms with van der Waals surface area (Å²) in [6.07, 6.45) is 1.45. The molecule has 2 unspecified atom stereocenters. The molecule has 20 heavy (non-hydrogen) atoms. The highest BCUT2D eigenvalue weighted by Crippen LogP contribution is 2.21. The lowest BCUT2D eigenvalue weighted by Gasteiger charge is -2.19. The van der Waals surface area contributed by atoms with Crippen LogP contribution in [-0.2, 0) is 20.7 Å². The predicted octanol–water partition coefficient (Wildman–Crippen LogP) is 1.48. The number of carbonyl (C=O) groups excluding carboxylic acids is 2. The Morgan fingerprint density at radius 1 is 1.50 bits per heavy atom. The maximum absolute atomic E-state index is 12.2. The number of rotatable bonds is 4. The largest absolute Gasteiger partial charge is 0.465 e. The van der Waals surface area contributed by atoms with Crippen LogP contribution in [0.15, 0.2) is 24.3 Å². The van der Waals surface area contributed by atoms with Crippen LogP contribution in [0, 0.1) is 0 Å². The van der Waals surface area contributed by atoms with E-state index in [-0.39, 0.29) is 17.9 Å². The fraction of sp³-hybridized carbons (Fsp3) is 0.467. The number of benzene rings is 1. The van der Waals surface area contributed by atoms with E-state index in [9.17, 15) is 9.59 Å². The second-order valence-corrected chi connectivity index (χ2v) is 4.88. The molecule has 1 aliphatic heterocycles. The molecule has 0 radical (unpaired) electrons. The van der Waals surface area contributed by atoms with Crippen LogP contribution < -0.4 is 10.6 Å². The smallest absolute Gasteiger partial charge is 0.322 e. The van der Waals surface area contributed by atoms with Gasteiger partial charge in [-0.3, -0.25) is 14.9 Å². The number of hydrogen-bond acceptors (Lipinski definition) is 4. The molecule has 0 aliphatic carbocycles. The summed E-state index contributed by atoms with van der Waals surface area (Å²) in [5.74, 6) is -0.437. The Kier molecular flexibility index (Phi) is 4.74. The molecule has 1 heterocycles. The average Bonchev–Trinajstić information content (AvgIpc) is 2.59. The van der Waals surface area contributed by atoms with E-state index in [1.807, 2.05) is 24.3 Å².